The smallest absolute Gasteiger partial charge is 0.129 e. The van der Waals surface area contributed by atoms with Gasteiger partial charge in [0.25, 0.3) is 0 Å². The van der Waals surface area contributed by atoms with E-state index < -0.39 is 11.9 Å². The maximum Gasteiger partial charge on any atom is 0.129 e. The Labute approximate surface area is 120 Å². The molecule has 0 aliphatic carbocycles. The highest BCUT2D eigenvalue weighted by molar-refractivity contribution is 6.34. The molecule has 1 aromatic heterocycles. The molecule has 1 atom stereocenters. The molecule has 0 radical (unpaired) electrons. The number of pyridine rings is 1. The molecule has 0 aliphatic heterocycles. The Balaban J connectivity index is 2.53. The van der Waals surface area contributed by atoms with Crippen LogP contribution in [0.3, 0.4) is 0 Å². The lowest BCUT2D eigenvalue weighted by Gasteiger charge is -2.16. The molecule has 0 bridgehead atoms. The van der Waals surface area contributed by atoms with Gasteiger partial charge in [0.15, 0.2) is 0 Å². The molecule has 19 heavy (non-hydrogen) atoms. The third-order valence-corrected chi connectivity index (χ3v) is 3.36. The second-order valence-electron chi connectivity index (χ2n) is 4.40. The highest BCUT2D eigenvalue weighted by atomic mass is 35.5. The van der Waals surface area contributed by atoms with Crippen LogP contribution in [-0.2, 0) is 0 Å². The minimum atomic E-state index is -1.22. The Kier molecular flexibility index (Phi) is 4.09. The minimum Gasteiger partial charge on any atom is -0.382 e. The fourth-order valence-corrected chi connectivity index (χ4v) is 2.52. The summed E-state index contributed by atoms with van der Waals surface area (Å²) >= 11 is 11.7. The summed E-state index contributed by atoms with van der Waals surface area (Å²) in [6.07, 6.45) is 0.151. The van der Waals surface area contributed by atoms with E-state index in [2.05, 4.69) is 4.98 Å². The van der Waals surface area contributed by atoms with E-state index >= 15 is 0 Å². The van der Waals surface area contributed by atoms with Gasteiger partial charge in [0.1, 0.15) is 11.9 Å². The zero-order valence-corrected chi connectivity index (χ0v) is 11.9. The monoisotopic (exact) mass is 299 g/mol. The third-order valence-electron chi connectivity index (χ3n) is 2.85. The summed E-state index contributed by atoms with van der Waals surface area (Å²) in [5.74, 6) is -0.474. The van der Waals surface area contributed by atoms with Gasteiger partial charge in [-0.15, -0.1) is 0 Å². The van der Waals surface area contributed by atoms with Crippen LogP contribution in [0.15, 0.2) is 24.4 Å². The summed E-state index contributed by atoms with van der Waals surface area (Å²) in [6, 6.07) is 4.64. The Morgan fingerprint density at radius 3 is 2.47 bits per heavy atom. The van der Waals surface area contributed by atoms with Gasteiger partial charge in [0.05, 0.1) is 15.7 Å². The summed E-state index contributed by atoms with van der Waals surface area (Å²) in [5.41, 5.74) is 1.82. The number of aliphatic hydroxyl groups is 1. The average Bonchev–Trinajstić information content (AvgIpc) is 2.26. The van der Waals surface area contributed by atoms with Crippen molar-refractivity contribution in [2.45, 2.75) is 20.0 Å². The van der Waals surface area contributed by atoms with Gasteiger partial charge in [-0.2, -0.15) is 0 Å². The molecule has 1 heterocycles. The van der Waals surface area contributed by atoms with E-state index in [-0.39, 0.29) is 16.3 Å². The van der Waals surface area contributed by atoms with E-state index in [4.69, 9.17) is 23.2 Å². The molecule has 0 spiro atoms. The van der Waals surface area contributed by atoms with Crippen molar-refractivity contribution in [1.29, 1.82) is 0 Å². The van der Waals surface area contributed by atoms with Crippen molar-refractivity contribution in [3.05, 3.63) is 62.6 Å². The van der Waals surface area contributed by atoms with E-state index in [0.29, 0.717) is 10.6 Å². The molecule has 2 nitrogen and oxygen atoms in total. The Bertz CT molecular complexity index is 608. The van der Waals surface area contributed by atoms with Crippen molar-refractivity contribution >= 4 is 23.2 Å². The van der Waals surface area contributed by atoms with Gasteiger partial charge in [0.2, 0.25) is 0 Å². The molecule has 0 amide bonds. The van der Waals surface area contributed by atoms with Gasteiger partial charge in [-0.25, -0.2) is 4.39 Å². The highest BCUT2D eigenvalue weighted by Gasteiger charge is 2.21. The number of benzene rings is 1. The number of hydrogen-bond donors (Lipinski definition) is 1. The standard InChI is InChI=1S/C14H12Cl2FNO/c1-7-3-8(2)12(11(17)4-7)14(19)13-10(16)5-9(15)6-18-13/h3-6,14,19H,1-2H3. The molecule has 1 aromatic carbocycles. The lowest BCUT2D eigenvalue weighted by molar-refractivity contribution is 0.209. The fraction of sp³-hybridized carbons (Fsp3) is 0.214. The maximum atomic E-state index is 14.0. The number of aryl methyl sites for hydroxylation is 2. The predicted molar refractivity (Wildman–Crippen MR) is 74.2 cm³/mol. The van der Waals surface area contributed by atoms with E-state index in [1.807, 2.05) is 0 Å². The molecule has 1 N–H and O–H groups in total. The van der Waals surface area contributed by atoms with Gasteiger partial charge < -0.3 is 5.11 Å². The Hall–Kier alpha value is -1.16. The molecule has 2 aromatic rings. The van der Waals surface area contributed by atoms with Crippen molar-refractivity contribution in [2.24, 2.45) is 0 Å². The average molecular weight is 300 g/mol. The van der Waals surface area contributed by atoms with Gasteiger partial charge >= 0.3 is 0 Å². The van der Waals surface area contributed by atoms with Crippen LogP contribution >= 0.6 is 23.2 Å². The largest absolute Gasteiger partial charge is 0.382 e. The van der Waals surface area contributed by atoms with Crippen molar-refractivity contribution in [1.82, 2.24) is 4.98 Å². The van der Waals surface area contributed by atoms with Crippen molar-refractivity contribution in [2.75, 3.05) is 0 Å². The van der Waals surface area contributed by atoms with Crippen molar-refractivity contribution in [3.8, 4) is 0 Å². The Morgan fingerprint density at radius 2 is 1.89 bits per heavy atom. The highest BCUT2D eigenvalue weighted by Crippen LogP contribution is 2.31. The lowest BCUT2D eigenvalue weighted by atomic mass is 9.98. The number of aliphatic hydroxyl groups excluding tert-OH is 1. The van der Waals surface area contributed by atoms with Crippen molar-refractivity contribution < 1.29 is 9.50 Å². The van der Waals surface area contributed by atoms with Gasteiger partial charge in [-0.3, -0.25) is 4.98 Å². The fourth-order valence-electron chi connectivity index (χ4n) is 2.04. The van der Waals surface area contributed by atoms with Crippen LogP contribution in [-0.4, -0.2) is 10.1 Å². The SMILES string of the molecule is Cc1cc(C)c(C(O)c2ncc(Cl)cc2Cl)c(F)c1. The summed E-state index contributed by atoms with van der Waals surface area (Å²) in [5, 5.41) is 10.9. The molecule has 0 fully saturated rings. The van der Waals surface area contributed by atoms with Crippen LogP contribution in [0.5, 0.6) is 0 Å². The van der Waals surface area contributed by atoms with Gasteiger partial charge in [0, 0.05) is 11.8 Å². The van der Waals surface area contributed by atoms with Crippen molar-refractivity contribution in [3.63, 3.8) is 0 Å². The number of halogens is 3. The van der Waals surface area contributed by atoms with E-state index in [0.717, 1.165) is 5.56 Å². The van der Waals surface area contributed by atoms with Crippen LogP contribution in [0.4, 0.5) is 4.39 Å². The first kappa shape index (κ1) is 14.3. The quantitative estimate of drug-likeness (QED) is 0.900. The maximum absolute atomic E-state index is 14.0. The van der Waals surface area contributed by atoms with E-state index in [1.54, 1.807) is 19.9 Å². The molecular formula is C14H12Cl2FNO. The van der Waals surface area contributed by atoms with Crippen LogP contribution in [0.1, 0.15) is 28.5 Å². The molecule has 1 unspecified atom stereocenters. The first-order chi connectivity index (χ1) is 8.90. The molecule has 0 aliphatic rings. The summed E-state index contributed by atoms with van der Waals surface area (Å²) in [4.78, 5) is 3.98. The molecule has 100 valence electrons. The molecule has 2 rings (SSSR count). The zero-order chi connectivity index (χ0) is 14.2. The van der Waals surface area contributed by atoms with Gasteiger partial charge in [-0.1, -0.05) is 29.3 Å². The number of aromatic nitrogens is 1. The summed E-state index contributed by atoms with van der Waals surface area (Å²) in [7, 11) is 0. The molecular weight excluding hydrogens is 288 g/mol. The van der Waals surface area contributed by atoms with Crippen LogP contribution in [0.25, 0.3) is 0 Å². The first-order valence-electron chi connectivity index (χ1n) is 5.66. The number of rotatable bonds is 2. The minimum absolute atomic E-state index is 0.183. The van der Waals surface area contributed by atoms with Crippen LogP contribution in [0.2, 0.25) is 10.0 Å². The second kappa shape index (κ2) is 5.45. The Morgan fingerprint density at radius 1 is 1.21 bits per heavy atom. The summed E-state index contributed by atoms with van der Waals surface area (Å²) in [6.45, 7) is 3.53. The van der Waals surface area contributed by atoms with Crippen LogP contribution in [0, 0.1) is 19.7 Å². The molecule has 0 saturated carbocycles. The van der Waals surface area contributed by atoms with E-state index in [1.165, 1.54) is 18.3 Å². The zero-order valence-electron chi connectivity index (χ0n) is 10.4. The predicted octanol–water partition coefficient (Wildman–Crippen LogP) is 4.23. The topological polar surface area (TPSA) is 33.1 Å². The van der Waals surface area contributed by atoms with Crippen LogP contribution < -0.4 is 0 Å². The third kappa shape index (κ3) is 2.89. The number of hydrogen-bond acceptors (Lipinski definition) is 2. The second-order valence-corrected chi connectivity index (χ2v) is 5.24. The first-order valence-corrected chi connectivity index (χ1v) is 6.41. The van der Waals surface area contributed by atoms with Gasteiger partial charge in [-0.05, 0) is 37.1 Å². The summed E-state index contributed by atoms with van der Waals surface area (Å²) < 4.78 is 14.0. The molecule has 0 saturated heterocycles. The normalized spacial score (nSPS) is 12.5. The lowest BCUT2D eigenvalue weighted by Crippen LogP contribution is -2.08. The molecule has 5 heteroatoms. The number of nitrogens with zero attached hydrogens (tertiary/aromatic N) is 1. The van der Waals surface area contributed by atoms with E-state index in [9.17, 15) is 9.50 Å².